The van der Waals surface area contributed by atoms with Gasteiger partial charge in [0.05, 0.1) is 0 Å². The van der Waals surface area contributed by atoms with E-state index in [0.29, 0.717) is 25.4 Å². The van der Waals surface area contributed by atoms with Gasteiger partial charge in [0.2, 0.25) is 5.91 Å². The van der Waals surface area contributed by atoms with Crippen molar-refractivity contribution in [1.29, 1.82) is 0 Å². The normalized spacial score (nSPS) is 15.2. The summed E-state index contributed by atoms with van der Waals surface area (Å²) in [5.41, 5.74) is 2.47. The number of hydrogen-bond donors (Lipinski definition) is 4. The minimum absolute atomic E-state index is 0.172. The number of hydrogen-bond acceptors (Lipinski definition) is 2. The summed E-state index contributed by atoms with van der Waals surface area (Å²) in [6, 6.07) is 8.34. The average Bonchev–Trinajstić information content (AvgIpc) is 3.33. The van der Waals surface area contributed by atoms with Crippen molar-refractivity contribution in [3.63, 3.8) is 0 Å². The lowest BCUT2D eigenvalue weighted by Gasteiger charge is -2.13. The molecule has 0 spiro atoms. The zero-order valence-corrected chi connectivity index (χ0v) is 16.2. The van der Waals surface area contributed by atoms with Crippen molar-refractivity contribution in [1.82, 2.24) is 20.9 Å². The van der Waals surface area contributed by atoms with E-state index in [4.69, 9.17) is 0 Å². The van der Waals surface area contributed by atoms with Gasteiger partial charge in [0.15, 0.2) is 5.96 Å². The average molecular weight is 370 g/mol. The fourth-order valence-electron chi connectivity index (χ4n) is 3.81. The number of fused-ring (bicyclic) bond motifs is 1. The number of aromatic nitrogens is 1. The van der Waals surface area contributed by atoms with E-state index in [1.54, 1.807) is 7.05 Å². The molecule has 1 aliphatic carbocycles. The van der Waals surface area contributed by atoms with Gasteiger partial charge < -0.3 is 20.9 Å². The molecule has 0 saturated heterocycles. The summed E-state index contributed by atoms with van der Waals surface area (Å²) in [6.07, 6.45) is 8.64. The van der Waals surface area contributed by atoms with Gasteiger partial charge >= 0.3 is 0 Å². The third-order valence-electron chi connectivity index (χ3n) is 5.27. The number of benzene rings is 1. The molecule has 1 amide bonds. The molecule has 6 nitrogen and oxygen atoms in total. The molecule has 146 valence electrons. The van der Waals surface area contributed by atoms with E-state index in [1.807, 2.05) is 6.07 Å². The van der Waals surface area contributed by atoms with Crippen molar-refractivity contribution >= 4 is 22.8 Å². The minimum atomic E-state index is 0.172. The number of aromatic amines is 1. The highest BCUT2D eigenvalue weighted by molar-refractivity contribution is 5.83. The highest BCUT2D eigenvalue weighted by Gasteiger charge is 2.17. The van der Waals surface area contributed by atoms with E-state index in [-0.39, 0.29) is 5.91 Å². The van der Waals surface area contributed by atoms with Crippen molar-refractivity contribution in [3.8, 4) is 0 Å². The molecule has 1 aliphatic rings. The lowest BCUT2D eigenvalue weighted by atomic mass is 10.0. The molecule has 0 bridgehead atoms. The second-order valence-electron chi connectivity index (χ2n) is 7.24. The van der Waals surface area contributed by atoms with Crippen LogP contribution in [-0.2, 0) is 11.2 Å². The van der Waals surface area contributed by atoms with Gasteiger partial charge in [-0.15, -0.1) is 0 Å². The van der Waals surface area contributed by atoms with E-state index in [1.165, 1.54) is 42.1 Å². The number of amides is 1. The molecule has 4 N–H and O–H groups in total. The first kappa shape index (κ1) is 19.3. The second kappa shape index (κ2) is 10.00. The second-order valence-corrected chi connectivity index (χ2v) is 7.24. The molecule has 0 radical (unpaired) electrons. The number of guanidine groups is 1. The van der Waals surface area contributed by atoms with E-state index < -0.39 is 0 Å². The summed E-state index contributed by atoms with van der Waals surface area (Å²) in [5, 5.41) is 10.9. The van der Waals surface area contributed by atoms with Crippen LogP contribution in [-0.4, -0.2) is 43.5 Å². The minimum Gasteiger partial charge on any atom is -0.361 e. The van der Waals surface area contributed by atoms with Crippen LogP contribution >= 0.6 is 0 Å². The summed E-state index contributed by atoms with van der Waals surface area (Å²) >= 11 is 0. The largest absolute Gasteiger partial charge is 0.361 e. The predicted molar refractivity (Wildman–Crippen MR) is 111 cm³/mol. The Labute approximate surface area is 161 Å². The Balaban J connectivity index is 1.31. The molecule has 6 heteroatoms. The van der Waals surface area contributed by atoms with Crippen LogP contribution in [0.15, 0.2) is 35.5 Å². The Bertz CT molecular complexity index is 761. The van der Waals surface area contributed by atoms with Gasteiger partial charge in [0, 0.05) is 50.2 Å². The van der Waals surface area contributed by atoms with Gasteiger partial charge in [-0.25, -0.2) is 0 Å². The van der Waals surface area contributed by atoms with Crippen LogP contribution in [0.2, 0.25) is 0 Å². The first-order valence-corrected chi connectivity index (χ1v) is 10.0. The standard InChI is InChI=1S/C21H31N5O/c1-22-21(25-13-12-23-20(27)14-16-6-2-3-7-16)24-11-10-17-15-26-19-9-5-4-8-18(17)19/h4-5,8-9,15-16,26H,2-3,6-7,10-14H2,1H3,(H,23,27)(H2,22,24,25). The Morgan fingerprint density at radius 2 is 1.85 bits per heavy atom. The Hall–Kier alpha value is -2.50. The Kier molecular flexibility index (Phi) is 7.13. The molecule has 2 aromatic rings. The maximum Gasteiger partial charge on any atom is 0.220 e. The third-order valence-corrected chi connectivity index (χ3v) is 5.27. The van der Waals surface area contributed by atoms with Gasteiger partial charge in [-0.05, 0) is 36.8 Å². The van der Waals surface area contributed by atoms with Crippen molar-refractivity contribution in [3.05, 3.63) is 36.0 Å². The highest BCUT2D eigenvalue weighted by atomic mass is 16.1. The lowest BCUT2D eigenvalue weighted by molar-refractivity contribution is -0.121. The number of nitrogens with one attached hydrogen (secondary N) is 4. The van der Waals surface area contributed by atoms with Crippen molar-refractivity contribution in [2.24, 2.45) is 10.9 Å². The molecular formula is C21H31N5O. The van der Waals surface area contributed by atoms with Gasteiger partial charge in [-0.2, -0.15) is 0 Å². The van der Waals surface area contributed by atoms with Crippen LogP contribution in [0, 0.1) is 5.92 Å². The fourth-order valence-corrected chi connectivity index (χ4v) is 3.81. The maximum atomic E-state index is 11.9. The number of aliphatic imine (C=N–C) groups is 1. The first-order chi connectivity index (χ1) is 13.3. The Morgan fingerprint density at radius 1 is 1.11 bits per heavy atom. The monoisotopic (exact) mass is 369 g/mol. The van der Waals surface area contributed by atoms with Gasteiger partial charge in [-0.1, -0.05) is 31.0 Å². The van der Waals surface area contributed by atoms with E-state index in [2.05, 4.69) is 50.3 Å². The molecule has 1 fully saturated rings. The quantitative estimate of drug-likeness (QED) is 0.328. The van der Waals surface area contributed by atoms with Crippen molar-refractivity contribution in [2.75, 3.05) is 26.7 Å². The number of rotatable bonds is 8. The summed E-state index contributed by atoms with van der Waals surface area (Å²) in [7, 11) is 1.76. The number of para-hydroxylation sites is 1. The molecular weight excluding hydrogens is 338 g/mol. The smallest absolute Gasteiger partial charge is 0.220 e. The molecule has 3 rings (SSSR count). The predicted octanol–water partition coefficient (Wildman–Crippen LogP) is 2.57. The van der Waals surface area contributed by atoms with Gasteiger partial charge in [0.1, 0.15) is 0 Å². The van der Waals surface area contributed by atoms with Crippen molar-refractivity contribution in [2.45, 2.75) is 38.5 Å². The van der Waals surface area contributed by atoms with Gasteiger partial charge in [0.25, 0.3) is 0 Å². The molecule has 0 aliphatic heterocycles. The van der Waals surface area contributed by atoms with E-state index in [9.17, 15) is 4.79 Å². The van der Waals surface area contributed by atoms with Crippen LogP contribution in [0.25, 0.3) is 10.9 Å². The summed E-state index contributed by atoms with van der Waals surface area (Å²) in [4.78, 5) is 19.5. The summed E-state index contributed by atoms with van der Waals surface area (Å²) in [5.74, 6) is 1.53. The molecule has 27 heavy (non-hydrogen) atoms. The summed E-state index contributed by atoms with van der Waals surface area (Å²) < 4.78 is 0. The van der Waals surface area contributed by atoms with E-state index in [0.717, 1.165) is 18.9 Å². The molecule has 0 unspecified atom stereocenters. The molecule has 1 aromatic carbocycles. The fraction of sp³-hybridized carbons (Fsp3) is 0.524. The molecule has 1 heterocycles. The van der Waals surface area contributed by atoms with Crippen LogP contribution in [0.1, 0.15) is 37.7 Å². The molecule has 1 saturated carbocycles. The summed E-state index contributed by atoms with van der Waals surface area (Å²) in [6.45, 7) is 2.09. The molecule has 1 aromatic heterocycles. The van der Waals surface area contributed by atoms with Crippen LogP contribution < -0.4 is 16.0 Å². The molecule has 0 atom stereocenters. The number of H-pyrrole nitrogens is 1. The first-order valence-electron chi connectivity index (χ1n) is 10.0. The van der Waals surface area contributed by atoms with Crippen LogP contribution in [0.5, 0.6) is 0 Å². The zero-order chi connectivity index (χ0) is 18.9. The van der Waals surface area contributed by atoms with Crippen molar-refractivity contribution < 1.29 is 4.79 Å². The zero-order valence-electron chi connectivity index (χ0n) is 16.2. The lowest BCUT2D eigenvalue weighted by Crippen LogP contribution is -2.42. The van der Waals surface area contributed by atoms with Crippen LogP contribution in [0.4, 0.5) is 0 Å². The SMILES string of the molecule is CN=C(NCCNC(=O)CC1CCCC1)NCCc1c[nH]c2ccccc12. The topological polar surface area (TPSA) is 81.3 Å². The van der Waals surface area contributed by atoms with Gasteiger partial charge in [-0.3, -0.25) is 9.79 Å². The van der Waals surface area contributed by atoms with Crippen LogP contribution in [0.3, 0.4) is 0 Å². The number of nitrogens with zero attached hydrogens (tertiary/aromatic N) is 1. The number of carbonyl (C=O) groups excluding carboxylic acids is 1. The third kappa shape index (κ3) is 5.74. The Morgan fingerprint density at radius 3 is 2.67 bits per heavy atom. The maximum absolute atomic E-state index is 11.9. The number of carbonyl (C=O) groups is 1. The highest BCUT2D eigenvalue weighted by Crippen LogP contribution is 2.27. The van der Waals surface area contributed by atoms with E-state index >= 15 is 0 Å².